The molecule has 4 aromatic rings. The van der Waals surface area contributed by atoms with Crippen molar-refractivity contribution >= 4 is 17.5 Å². The van der Waals surface area contributed by atoms with E-state index in [0.717, 1.165) is 37.2 Å². The third kappa shape index (κ3) is 5.93. The Morgan fingerprint density at radius 2 is 1.51 bits per heavy atom. The van der Waals surface area contributed by atoms with E-state index in [1.54, 1.807) is 18.3 Å². The van der Waals surface area contributed by atoms with Crippen molar-refractivity contribution in [2.75, 3.05) is 33.3 Å². The average Bonchev–Trinajstić information content (AvgIpc) is 3.37. The zero-order valence-corrected chi connectivity index (χ0v) is 23.1. The minimum Gasteiger partial charge on any atom is -0.395 e. The summed E-state index contributed by atoms with van der Waals surface area (Å²) in [6.07, 6.45) is 3.73. The Balaban J connectivity index is 1.39. The molecule has 1 amide bonds. The van der Waals surface area contributed by atoms with Gasteiger partial charge in [-0.3, -0.25) is 9.69 Å². The van der Waals surface area contributed by atoms with Gasteiger partial charge in [-0.1, -0.05) is 84.4 Å². The quantitative estimate of drug-likeness (QED) is 0.314. The second-order valence-corrected chi connectivity index (χ2v) is 10.8. The summed E-state index contributed by atoms with van der Waals surface area (Å²) in [6.45, 7) is 3.09. The van der Waals surface area contributed by atoms with Crippen LogP contribution in [0, 0.1) is 0 Å². The van der Waals surface area contributed by atoms with Crippen LogP contribution in [0.1, 0.15) is 45.7 Å². The van der Waals surface area contributed by atoms with Crippen LogP contribution in [0.4, 0.5) is 0 Å². The number of benzene rings is 3. The number of aliphatic hydroxyl groups excluding tert-OH is 1. The molecule has 1 aliphatic heterocycles. The molecule has 202 valence electrons. The lowest BCUT2D eigenvalue weighted by Crippen LogP contribution is -2.43. The highest BCUT2D eigenvalue weighted by molar-refractivity contribution is 6.30. The van der Waals surface area contributed by atoms with Gasteiger partial charge in [0.1, 0.15) is 5.69 Å². The van der Waals surface area contributed by atoms with E-state index in [4.69, 9.17) is 16.6 Å². The van der Waals surface area contributed by atoms with E-state index in [9.17, 15) is 9.90 Å². The van der Waals surface area contributed by atoms with Crippen molar-refractivity contribution in [1.29, 1.82) is 0 Å². The van der Waals surface area contributed by atoms with Crippen molar-refractivity contribution in [3.05, 3.63) is 124 Å². The molecule has 1 N–H and O–H groups in total. The minimum atomic E-state index is -0.134. The van der Waals surface area contributed by atoms with Crippen LogP contribution in [0.3, 0.4) is 0 Å². The van der Waals surface area contributed by atoms with Gasteiger partial charge >= 0.3 is 0 Å². The SMILES string of the molecule is CN(CCO)C(=O)c1c(CN2CCC(c3ccccc3)(c3ccccc3)CC2)ncn1Cc1ccc(Cl)cc1. The summed E-state index contributed by atoms with van der Waals surface area (Å²) in [4.78, 5) is 22.2. The number of hydrogen-bond donors (Lipinski definition) is 1. The first-order chi connectivity index (χ1) is 19.0. The number of aliphatic hydroxyl groups is 1. The fourth-order valence-electron chi connectivity index (χ4n) is 5.69. The van der Waals surface area contributed by atoms with Gasteiger partial charge < -0.3 is 14.6 Å². The van der Waals surface area contributed by atoms with E-state index in [0.29, 0.717) is 23.8 Å². The largest absolute Gasteiger partial charge is 0.395 e. The lowest BCUT2D eigenvalue weighted by atomic mass is 9.68. The molecule has 0 atom stereocenters. The number of likely N-dealkylation sites (N-methyl/N-ethyl adjacent to an activating group) is 1. The van der Waals surface area contributed by atoms with Gasteiger partial charge in [0.05, 0.1) is 18.6 Å². The number of hydrogen-bond acceptors (Lipinski definition) is 4. The normalized spacial score (nSPS) is 15.3. The number of nitrogens with zero attached hydrogens (tertiary/aromatic N) is 4. The van der Waals surface area contributed by atoms with Crippen LogP contribution in [0.5, 0.6) is 0 Å². The minimum absolute atomic E-state index is 0.0348. The Labute approximate surface area is 235 Å². The number of halogens is 1. The first-order valence-electron chi connectivity index (χ1n) is 13.5. The van der Waals surface area contributed by atoms with Crippen molar-refractivity contribution < 1.29 is 9.90 Å². The summed E-state index contributed by atoms with van der Waals surface area (Å²) < 4.78 is 1.91. The maximum Gasteiger partial charge on any atom is 0.272 e. The standard InChI is InChI=1S/C32H35ClN4O2/c1-35(20-21-38)31(39)30-29(34-24-37(30)22-25-12-14-28(33)15-13-25)23-36-18-16-32(17-19-36,26-8-4-2-5-9-26)27-10-6-3-7-11-27/h2-15,24,38H,16-23H2,1H3. The molecule has 0 saturated carbocycles. The first-order valence-corrected chi connectivity index (χ1v) is 13.9. The zero-order valence-electron chi connectivity index (χ0n) is 22.3. The number of carbonyl (C=O) groups excluding carboxylic acids is 1. The van der Waals surface area contributed by atoms with Crippen LogP contribution in [-0.4, -0.2) is 63.7 Å². The van der Waals surface area contributed by atoms with E-state index >= 15 is 0 Å². The van der Waals surface area contributed by atoms with Crippen molar-refractivity contribution in [1.82, 2.24) is 19.4 Å². The Morgan fingerprint density at radius 1 is 0.923 bits per heavy atom. The van der Waals surface area contributed by atoms with Gasteiger partial charge in [-0.05, 0) is 54.8 Å². The molecule has 1 aromatic heterocycles. The van der Waals surface area contributed by atoms with Crippen molar-refractivity contribution in [2.24, 2.45) is 0 Å². The van der Waals surface area contributed by atoms with Crippen molar-refractivity contribution in [3.8, 4) is 0 Å². The number of amides is 1. The number of aromatic nitrogens is 2. The molecule has 0 bridgehead atoms. The van der Waals surface area contributed by atoms with Gasteiger partial charge in [0.2, 0.25) is 0 Å². The second-order valence-electron chi connectivity index (χ2n) is 10.3. The van der Waals surface area contributed by atoms with Gasteiger partial charge in [-0.2, -0.15) is 0 Å². The van der Waals surface area contributed by atoms with E-state index in [1.807, 2.05) is 28.8 Å². The molecule has 1 saturated heterocycles. The maximum absolute atomic E-state index is 13.5. The molecule has 7 heteroatoms. The Kier molecular flexibility index (Phi) is 8.46. The molecule has 39 heavy (non-hydrogen) atoms. The Hall–Kier alpha value is -3.45. The van der Waals surface area contributed by atoms with Crippen LogP contribution in [-0.2, 0) is 18.5 Å². The molecule has 3 aromatic carbocycles. The van der Waals surface area contributed by atoms with Gasteiger partial charge in [0.15, 0.2) is 0 Å². The van der Waals surface area contributed by atoms with Crippen LogP contribution >= 0.6 is 11.6 Å². The monoisotopic (exact) mass is 542 g/mol. The summed E-state index contributed by atoms with van der Waals surface area (Å²) in [5.41, 5.74) is 5.05. The van der Waals surface area contributed by atoms with Gasteiger partial charge in [-0.15, -0.1) is 0 Å². The Morgan fingerprint density at radius 3 is 2.08 bits per heavy atom. The summed E-state index contributed by atoms with van der Waals surface area (Å²) in [5, 5.41) is 10.1. The van der Waals surface area contributed by atoms with Gasteiger partial charge in [0.25, 0.3) is 5.91 Å². The topological polar surface area (TPSA) is 61.6 Å². The van der Waals surface area contributed by atoms with Gasteiger partial charge in [0, 0.05) is 37.1 Å². The van der Waals surface area contributed by atoms with Crippen LogP contribution in [0.15, 0.2) is 91.3 Å². The average molecular weight is 543 g/mol. The van der Waals surface area contributed by atoms with E-state index in [1.165, 1.54) is 11.1 Å². The summed E-state index contributed by atoms with van der Waals surface area (Å²) in [7, 11) is 1.72. The molecule has 1 aliphatic rings. The summed E-state index contributed by atoms with van der Waals surface area (Å²) >= 11 is 6.07. The lowest BCUT2D eigenvalue weighted by molar-refractivity contribution is 0.0753. The van der Waals surface area contributed by atoms with Gasteiger partial charge in [-0.25, -0.2) is 4.98 Å². The molecule has 2 heterocycles. The molecule has 5 rings (SSSR count). The zero-order chi connectivity index (χ0) is 27.2. The molecule has 0 aliphatic carbocycles. The summed E-state index contributed by atoms with van der Waals surface area (Å²) in [5.74, 6) is -0.134. The van der Waals surface area contributed by atoms with E-state index < -0.39 is 0 Å². The van der Waals surface area contributed by atoms with Crippen LogP contribution < -0.4 is 0 Å². The number of imidazole rings is 1. The second kappa shape index (κ2) is 12.2. The fraction of sp³-hybridized carbons (Fsp3) is 0.312. The third-order valence-corrected chi connectivity index (χ3v) is 8.15. The van der Waals surface area contributed by atoms with Crippen molar-refractivity contribution in [3.63, 3.8) is 0 Å². The predicted octanol–water partition coefficient (Wildman–Crippen LogP) is 5.23. The lowest BCUT2D eigenvalue weighted by Gasteiger charge is -2.43. The third-order valence-electron chi connectivity index (χ3n) is 7.90. The maximum atomic E-state index is 13.5. The molecule has 0 unspecified atom stereocenters. The highest BCUT2D eigenvalue weighted by Gasteiger charge is 2.38. The van der Waals surface area contributed by atoms with E-state index in [2.05, 4.69) is 65.6 Å². The number of rotatable bonds is 9. The number of carbonyl (C=O) groups is 1. The van der Waals surface area contributed by atoms with Crippen LogP contribution in [0.2, 0.25) is 5.02 Å². The molecular weight excluding hydrogens is 508 g/mol. The highest BCUT2D eigenvalue weighted by Crippen LogP contribution is 2.42. The van der Waals surface area contributed by atoms with E-state index in [-0.39, 0.29) is 24.5 Å². The number of likely N-dealkylation sites (tertiary alicyclic amines) is 1. The fourth-order valence-corrected chi connectivity index (χ4v) is 5.81. The molecule has 6 nitrogen and oxygen atoms in total. The summed E-state index contributed by atoms with van der Waals surface area (Å²) in [6, 6.07) is 29.3. The first kappa shape index (κ1) is 27.1. The predicted molar refractivity (Wildman–Crippen MR) is 155 cm³/mol. The van der Waals surface area contributed by atoms with Crippen molar-refractivity contribution in [2.45, 2.75) is 31.3 Å². The highest BCUT2D eigenvalue weighted by atomic mass is 35.5. The van der Waals surface area contributed by atoms with Crippen LogP contribution in [0.25, 0.3) is 0 Å². The smallest absolute Gasteiger partial charge is 0.272 e. The molecule has 0 spiro atoms. The number of piperidine rings is 1. The molecule has 0 radical (unpaired) electrons. The Bertz CT molecular complexity index is 1320. The molecular formula is C32H35ClN4O2. The molecule has 1 fully saturated rings.